The van der Waals surface area contributed by atoms with Crippen molar-refractivity contribution in [2.24, 2.45) is 11.7 Å². The molecule has 2 aromatic heterocycles. The lowest BCUT2D eigenvalue weighted by molar-refractivity contribution is -0.172. The number of ether oxygens (including phenoxy) is 15. The second-order valence-electron chi connectivity index (χ2n) is 28.8. The number of aryl methyl sites for hydroxylation is 1. The van der Waals surface area contributed by atoms with E-state index in [1.54, 1.807) is 58.0 Å². The number of hydrogen-bond acceptors (Lipinski definition) is 25. The summed E-state index contributed by atoms with van der Waals surface area (Å²) in [4.78, 5) is 101. The fraction of sp³-hybridized carbons (Fsp3) is 0.553. The highest BCUT2D eigenvalue weighted by Crippen LogP contribution is 2.47. The fourth-order valence-electron chi connectivity index (χ4n) is 14.3. The van der Waals surface area contributed by atoms with Crippen LogP contribution in [0.2, 0.25) is 0 Å². The van der Waals surface area contributed by atoms with E-state index in [9.17, 15) is 38.7 Å². The van der Waals surface area contributed by atoms with Crippen molar-refractivity contribution >= 4 is 52.5 Å². The van der Waals surface area contributed by atoms with Crippen LogP contribution in [0.1, 0.15) is 121 Å². The normalized spacial score (nSPS) is 15.6. The summed E-state index contributed by atoms with van der Waals surface area (Å²) in [5.41, 5.74) is 11.8. The van der Waals surface area contributed by atoms with Crippen LogP contribution in [0.3, 0.4) is 0 Å². The van der Waals surface area contributed by atoms with Crippen molar-refractivity contribution in [2.45, 2.75) is 122 Å². The number of carbonyl (C=O) groups excluding carboxylic acids is 6. The van der Waals surface area contributed by atoms with Crippen LogP contribution in [-0.2, 0) is 122 Å². The molecule has 4 heterocycles. The van der Waals surface area contributed by atoms with Gasteiger partial charge >= 0.3 is 18.2 Å². The third-order valence-corrected chi connectivity index (χ3v) is 20.5. The molecular formula is C85H113FN8O23. The molecule has 2 aliphatic heterocycles. The number of nitrogens with two attached hydrogens (primary N) is 1. The summed E-state index contributed by atoms with van der Waals surface area (Å²) in [6, 6.07) is 22.6. The lowest BCUT2D eigenvalue weighted by Gasteiger charge is -2.31. The molecule has 0 fully saturated rings. The number of rotatable bonds is 55. The number of nitrogens with zero attached hydrogens (tertiary/aromatic N) is 2. The van der Waals surface area contributed by atoms with Crippen LogP contribution in [0, 0.1) is 18.7 Å². The number of alkyl carbamates (subject to hydrolysis) is 2. The van der Waals surface area contributed by atoms with Crippen LogP contribution in [0.25, 0.3) is 33.4 Å². The van der Waals surface area contributed by atoms with Gasteiger partial charge in [-0.1, -0.05) is 81.4 Å². The molecule has 0 bridgehead atoms. The standard InChI is InChI=1S/C85H113FN8O23/c1-5-85(102)68-50-73-78-65(52-94(73)81(98)67(68)55-115-82(85)99)76-70(22-21-60-57(4)69(86)51-72(90-78)75(60)76)92-83(100)116-53-58-17-19-59(20-18-58)89-79(96)71(91-80(97)77(56(2)3)93-84(101)117-54-66-63-14-8-6-12-61(63)62-13-7-9-15-64(62)66)16-10-11-25-88-74(95)23-26-103-28-30-105-32-34-107-36-38-109-40-42-111-44-46-113-48-49-114-47-45-112-43-41-110-39-37-108-35-33-106-31-29-104-27-24-87/h6-9,12-15,17-20,50-51,56,66,70-71,77,102H,5,10-11,16,21-49,52-55,87H2,1-4H3,(H,88,95)(H,89,96)(H,91,97)(H,92,100)(H,93,101)/t70-,71-,77-,85-/m0/s1. The number of halogens is 1. The number of hydrogen-bond donors (Lipinski definition) is 7. The first kappa shape index (κ1) is 90.4. The number of unbranched alkanes of at least 4 members (excludes halogenated alkanes) is 1. The minimum absolute atomic E-state index is 0.0267. The van der Waals surface area contributed by atoms with Gasteiger partial charge in [0.1, 0.15) is 37.7 Å². The molecule has 6 aromatic rings. The van der Waals surface area contributed by atoms with E-state index in [1.807, 2.05) is 48.5 Å². The van der Waals surface area contributed by atoms with E-state index in [0.717, 1.165) is 27.8 Å². The Morgan fingerprint density at radius 2 is 1.17 bits per heavy atom. The zero-order valence-electron chi connectivity index (χ0n) is 67.4. The van der Waals surface area contributed by atoms with Crippen molar-refractivity contribution in [3.8, 4) is 22.5 Å². The number of esters is 1. The molecule has 0 saturated carbocycles. The zero-order valence-corrected chi connectivity index (χ0v) is 67.4. The van der Waals surface area contributed by atoms with Crippen molar-refractivity contribution < 1.29 is 109 Å². The summed E-state index contributed by atoms with van der Waals surface area (Å²) in [5.74, 6) is -3.34. The Hall–Kier alpha value is -8.97. The number of nitrogens with one attached hydrogen (secondary N) is 5. The SMILES string of the molecule is CC[C@@]1(O)C(=O)OCc2c1cc1n(c2=O)Cc2c-1nc1cc(F)c(C)c3c1c2[C@@H](NC(=O)OCc1ccc(NC(=O)[C@H](CCCCNC(=O)CCOCCOCCOCCOCCOCCOCCOCCOCCOCCOCCOCCOCCN)NC(=O)[C@@H](NC(=O)OCC2c4ccccc4-c4ccccc42)C(C)C)cc1)CC3. The number of fused-ring (bicyclic) bond motifs is 8. The van der Waals surface area contributed by atoms with Crippen LogP contribution in [0.5, 0.6) is 0 Å². The summed E-state index contributed by atoms with van der Waals surface area (Å²) >= 11 is 0. The second-order valence-corrected chi connectivity index (χ2v) is 28.8. The van der Waals surface area contributed by atoms with Gasteiger partial charge in [-0.3, -0.25) is 19.2 Å². The monoisotopic (exact) mass is 1630 g/mol. The Kier molecular flexibility index (Phi) is 36.7. The number of carbonyl (C=O) groups is 6. The fourth-order valence-corrected chi connectivity index (χ4v) is 14.3. The van der Waals surface area contributed by atoms with Gasteiger partial charge in [0.05, 0.1) is 194 Å². The number of benzene rings is 4. The predicted molar refractivity (Wildman–Crippen MR) is 428 cm³/mol. The van der Waals surface area contributed by atoms with Crippen molar-refractivity contribution in [1.82, 2.24) is 30.8 Å². The smallest absolute Gasteiger partial charge is 0.407 e. The molecule has 2 aliphatic carbocycles. The predicted octanol–water partition coefficient (Wildman–Crippen LogP) is 7.26. The Bertz CT molecular complexity index is 4240. The Morgan fingerprint density at radius 3 is 1.70 bits per heavy atom. The summed E-state index contributed by atoms with van der Waals surface area (Å²) in [6.45, 7) is 17.6. The van der Waals surface area contributed by atoms with Crippen molar-refractivity contribution in [3.05, 3.63) is 151 Å². The van der Waals surface area contributed by atoms with Gasteiger partial charge < -0.3 is 113 Å². The molecule has 0 saturated heterocycles. The molecule has 0 radical (unpaired) electrons. The number of amides is 5. The van der Waals surface area contributed by atoms with Crippen LogP contribution in [-0.4, -0.2) is 241 Å². The number of cyclic esters (lactones) is 1. The van der Waals surface area contributed by atoms with Crippen molar-refractivity contribution in [2.75, 3.05) is 184 Å². The number of aromatic nitrogens is 2. The van der Waals surface area contributed by atoms with E-state index < -0.39 is 71.0 Å². The van der Waals surface area contributed by atoms with Crippen molar-refractivity contribution in [1.29, 1.82) is 0 Å². The highest BCUT2D eigenvalue weighted by Gasteiger charge is 2.46. The van der Waals surface area contributed by atoms with Gasteiger partial charge in [0.2, 0.25) is 17.7 Å². The first-order chi connectivity index (χ1) is 57.0. The van der Waals surface area contributed by atoms with Gasteiger partial charge in [-0.25, -0.2) is 23.8 Å². The highest BCUT2D eigenvalue weighted by molar-refractivity contribution is 5.98. The molecule has 4 aliphatic rings. The molecule has 5 amide bonds. The lowest BCUT2D eigenvalue weighted by Crippen LogP contribution is -2.54. The van der Waals surface area contributed by atoms with E-state index >= 15 is 4.39 Å². The average molecular weight is 1630 g/mol. The maximum absolute atomic E-state index is 15.6. The third-order valence-electron chi connectivity index (χ3n) is 20.5. The minimum atomic E-state index is -2.06. The van der Waals surface area contributed by atoms with Crippen LogP contribution in [0.15, 0.2) is 89.7 Å². The van der Waals surface area contributed by atoms with E-state index in [4.69, 9.17) is 81.8 Å². The maximum Gasteiger partial charge on any atom is 0.407 e. The summed E-state index contributed by atoms with van der Waals surface area (Å²) in [7, 11) is 0. The lowest BCUT2D eigenvalue weighted by atomic mass is 9.81. The molecule has 8 N–H and O–H groups in total. The number of aliphatic hydroxyl groups is 1. The topological polar surface area (TPSA) is 382 Å². The highest BCUT2D eigenvalue weighted by atomic mass is 19.1. The first-order valence-corrected chi connectivity index (χ1v) is 40.5. The molecule has 4 atom stereocenters. The molecular weight excluding hydrogens is 1520 g/mol. The molecule has 4 aromatic carbocycles. The molecule has 117 heavy (non-hydrogen) atoms. The van der Waals surface area contributed by atoms with E-state index in [-0.39, 0.29) is 88.3 Å². The quantitative estimate of drug-likeness (QED) is 0.0112. The molecule has 0 unspecified atom stereocenters. The molecule has 638 valence electrons. The van der Waals surface area contributed by atoms with Crippen LogP contribution in [0.4, 0.5) is 19.7 Å². The van der Waals surface area contributed by atoms with E-state index in [2.05, 4.69) is 26.6 Å². The van der Waals surface area contributed by atoms with Gasteiger partial charge in [0, 0.05) is 53.7 Å². The Balaban J connectivity index is 0.606. The Labute approximate surface area is 680 Å². The molecule has 0 spiro atoms. The van der Waals surface area contributed by atoms with E-state index in [0.29, 0.717) is 228 Å². The van der Waals surface area contributed by atoms with Crippen molar-refractivity contribution in [3.63, 3.8) is 0 Å². The van der Waals surface area contributed by atoms with Crippen LogP contribution < -0.4 is 37.9 Å². The zero-order chi connectivity index (χ0) is 82.7. The van der Waals surface area contributed by atoms with E-state index in [1.165, 1.54) is 10.6 Å². The molecule has 10 rings (SSSR count). The number of pyridine rings is 2. The Morgan fingerprint density at radius 1 is 0.641 bits per heavy atom. The summed E-state index contributed by atoms with van der Waals surface area (Å²) in [5, 5.41) is 26.6. The third kappa shape index (κ3) is 26.0. The maximum atomic E-state index is 15.6. The minimum Gasteiger partial charge on any atom is -0.458 e. The van der Waals surface area contributed by atoms with Crippen LogP contribution >= 0.6 is 0 Å². The van der Waals surface area contributed by atoms with Gasteiger partial charge in [0.15, 0.2) is 5.60 Å². The average Bonchev–Trinajstić information content (AvgIpc) is 1.60. The second kappa shape index (κ2) is 47.6. The molecule has 32 heteroatoms. The van der Waals surface area contributed by atoms with Gasteiger partial charge in [0.25, 0.3) is 5.56 Å². The molecule has 31 nitrogen and oxygen atoms in total. The van der Waals surface area contributed by atoms with Gasteiger partial charge in [-0.05, 0) is 114 Å². The van der Waals surface area contributed by atoms with Gasteiger partial charge in [-0.15, -0.1) is 0 Å². The summed E-state index contributed by atoms with van der Waals surface area (Å²) < 4.78 is 100. The first-order valence-electron chi connectivity index (χ1n) is 40.5. The largest absolute Gasteiger partial charge is 0.458 e. The summed E-state index contributed by atoms with van der Waals surface area (Å²) in [6.07, 6.45) is 0.301. The van der Waals surface area contributed by atoms with Gasteiger partial charge in [-0.2, -0.15) is 0 Å². The number of anilines is 1.